The molecule has 0 bridgehead atoms. The first-order valence-corrected chi connectivity index (χ1v) is 8.96. The van der Waals surface area contributed by atoms with Crippen LogP contribution in [0.4, 0.5) is 0 Å². The van der Waals surface area contributed by atoms with Crippen molar-refractivity contribution >= 4 is 17.7 Å². The predicted octanol–water partition coefficient (Wildman–Crippen LogP) is 5.78. The van der Waals surface area contributed by atoms with Crippen LogP contribution < -0.4 is 0 Å². The number of allylic oxidation sites excluding steroid dienone is 8. The first-order chi connectivity index (χ1) is 10.5. The third kappa shape index (κ3) is 12.5. The Kier molecular flexibility index (Phi) is 12.7. The molecule has 0 aliphatic heterocycles. The van der Waals surface area contributed by atoms with E-state index >= 15 is 0 Å². The Hall–Kier alpha value is -1.22. The summed E-state index contributed by atoms with van der Waals surface area (Å²) in [4.78, 5) is 10.9. The molecule has 0 amide bonds. The molecule has 0 aliphatic carbocycles. The van der Waals surface area contributed by atoms with Crippen LogP contribution in [0.25, 0.3) is 0 Å². The number of carboxylic acids is 1. The van der Waals surface area contributed by atoms with E-state index in [0.29, 0.717) is 0 Å². The van der Waals surface area contributed by atoms with Crippen molar-refractivity contribution in [3.63, 3.8) is 0 Å². The highest BCUT2D eigenvalue weighted by Crippen LogP contribution is 2.25. The minimum Gasteiger partial charge on any atom is -0.480 e. The second-order valence-electron chi connectivity index (χ2n) is 5.45. The fourth-order valence-electron chi connectivity index (χ4n) is 1.54. The second-order valence-corrected chi connectivity index (χ2v) is 7.17. The zero-order valence-electron chi connectivity index (χ0n) is 14.1. The van der Waals surface area contributed by atoms with Crippen molar-refractivity contribution in [2.75, 3.05) is 5.75 Å². The summed E-state index contributed by atoms with van der Waals surface area (Å²) in [6, 6.07) is 0. The standard InChI is InChI=1S/C19H30O2S/c1-4-5-6-7-8-9-10-11-12-13-14-15-16-17-22-19(2,3)18(20)21/h5-6,8-9,11-12,14-15H,4,7,10,13,16-17H2,1-3H3,(H,20,21)/b6-5-,9-8-,12-11-,15-14-. The van der Waals surface area contributed by atoms with E-state index < -0.39 is 10.7 Å². The summed E-state index contributed by atoms with van der Waals surface area (Å²) in [5.41, 5.74) is 0. The highest BCUT2D eigenvalue weighted by Gasteiger charge is 2.26. The molecule has 0 rings (SSSR count). The Morgan fingerprint density at radius 3 is 1.82 bits per heavy atom. The quantitative estimate of drug-likeness (QED) is 0.365. The molecular weight excluding hydrogens is 292 g/mol. The van der Waals surface area contributed by atoms with Crippen molar-refractivity contribution in [1.29, 1.82) is 0 Å². The number of thioether (sulfide) groups is 1. The summed E-state index contributed by atoms with van der Waals surface area (Å²) in [6.07, 6.45) is 22.3. The van der Waals surface area contributed by atoms with Crippen molar-refractivity contribution in [1.82, 2.24) is 0 Å². The highest BCUT2D eigenvalue weighted by molar-refractivity contribution is 8.01. The number of carboxylic acid groups (broad SMARTS) is 1. The average Bonchev–Trinajstić information content (AvgIpc) is 2.47. The Morgan fingerprint density at radius 2 is 1.36 bits per heavy atom. The predicted molar refractivity (Wildman–Crippen MR) is 99.5 cm³/mol. The molecule has 0 atom stereocenters. The highest BCUT2D eigenvalue weighted by atomic mass is 32.2. The maximum absolute atomic E-state index is 10.9. The largest absolute Gasteiger partial charge is 0.480 e. The van der Waals surface area contributed by atoms with Crippen molar-refractivity contribution in [2.45, 2.75) is 57.6 Å². The molecule has 0 aliphatic rings. The molecule has 0 unspecified atom stereocenters. The van der Waals surface area contributed by atoms with Gasteiger partial charge in [0.25, 0.3) is 0 Å². The van der Waals surface area contributed by atoms with Gasteiger partial charge in [0.15, 0.2) is 0 Å². The number of aliphatic carboxylic acids is 1. The van der Waals surface area contributed by atoms with Gasteiger partial charge in [0, 0.05) is 0 Å². The summed E-state index contributed by atoms with van der Waals surface area (Å²) in [5.74, 6) is 0.0933. The van der Waals surface area contributed by atoms with Gasteiger partial charge in [-0.25, -0.2) is 0 Å². The summed E-state index contributed by atoms with van der Waals surface area (Å²) in [7, 11) is 0. The lowest BCUT2D eigenvalue weighted by atomic mass is 10.2. The van der Waals surface area contributed by atoms with E-state index in [1.165, 1.54) is 11.8 Å². The monoisotopic (exact) mass is 322 g/mol. The Morgan fingerprint density at radius 1 is 0.909 bits per heavy atom. The fourth-order valence-corrected chi connectivity index (χ4v) is 2.43. The van der Waals surface area contributed by atoms with Gasteiger partial charge in [0.2, 0.25) is 0 Å². The van der Waals surface area contributed by atoms with Gasteiger partial charge in [-0.15, -0.1) is 11.8 Å². The number of hydrogen-bond donors (Lipinski definition) is 1. The van der Waals surface area contributed by atoms with Gasteiger partial charge in [0.05, 0.1) is 0 Å². The molecule has 0 saturated carbocycles. The molecule has 0 fully saturated rings. The van der Waals surface area contributed by atoms with Crippen LogP contribution in [0, 0.1) is 0 Å². The third-order valence-electron chi connectivity index (χ3n) is 2.98. The van der Waals surface area contributed by atoms with E-state index in [1.807, 2.05) is 0 Å². The molecule has 3 heteroatoms. The maximum Gasteiger partial charge on any atom is 0.319 e. The van der Waals surface area contributed by atoms with Gasteiger partial charge in [-0.3, -0.25) is 4.79 Å². The van der Waals surface area contributed by atoms with Gasteiger partial charge in [-0.1, -0.05) is 55.5 Å². The molecule has 124 valence electrons. The summed E-state index contributed by atoms with van der Waals surface area (Å²) >= 11 is 1.49. The first kappa shape index (κ1) is 20.8. The Labute approximate surface area is 140 Å². The van der Waals surface area contributed by atoms with Crippen LogP contribution in [0.2, 0.25) is 0 Å². The van der Waals surface area contributed by atoms with Crippen LogP contribution in [0.5, 0.6) is 0 Å². The molecule has 1 N–H and O–H groups in total. The molecule has 0 saturated heterocycles. The third-order valence-corrected chi connectivity index (χ3v) is 4.32. The lowest BCUT2D eigenvalue weighted by Crippen LogP contribution is -2.27. The molecule has 0 aromatic rings. The van der Waals surface area contributed by atoms with E-state index in [2.05, 4.69) is 55.5 Å². The van der Waals surface area contributed by atoms with Crippen molar-refractivity contribution < 1.29 is 9.90 Å². The normalized spacial score (nSPS) is 13.2. The fraction of sp³-hybridized carbons (Fsp3) is 0.526. The van der Waals surface area contributed by atoms with Gasteiger partial charge in [0.1, 0.15) is 4.75 Å². The lowest BCUT2D eigenvalue weighted by molar-refractivity contribution is -0.138. The van der Waals surface area contributed by atoms with Gasteiger partial charge in [-0.05, 0) is 51.7 Å². The van der Waals surface area contributed by atoms with E-state index in [9.17, 15) is 4.79 Å². The van der Waals surface area contributed by atoms with Gasteiger partial charge >= 0.3 is 5.97 Å². The lowest BCUT2D eigenvalue weighted by Gasteiger charge is -2.17. The Balaban J connectivity index is 3.60. The average molecular weight is 323 g/mol. The minimum absolute atomic E-state index is 0.688. The number of hydrogen-bond acceptors (Lipinski definition) is 2. The van der Waals surface area contributed by atoms with E-state index in [1.54, 1.807) is 13.8 Å². The maximum atomic E-state index is 10.9. The van der Waals surface area contributed by atoms with Crippen LogP contribution in [-0.4, -0.2) is 21.6 Å². The summed E-state index contributed by atoms with van der Waals surface area (Å²) in [6.45, 7) is 5.64. The second kappa shape index (κ2) is 13.4. The van der Waals surface area contributed by atoms with E-state index in [-0.39, 0.29) is 0 Å². The first-order valence-electron chi connectivity index (χ1n) is 7.98. The summed E-state index contributed by atoms with van der Waals surface area (Å²) < 4.78 is -0.688. The smallest absolute Gasteiger partial charge is 0.319 e. The van der Waals surface area contributed by atoms with Crippen molar-refractivity contribution in [2.24, 2.45) is 0 Å². The topological polar surface area (TPSA) is 37.3 Å². The van der Waals surface area contributed by atoms with Crippen LogP contribution in [0.3, 0.4) is 0 Å². The molecule has 0 aromatic heterocycles. The molecule has 0 heterocycles. The van der Waals surface area contributed by atoms with Crippen molar-refractivity contribution in [3.05, 3.63) is 48.6 Å². The molecule has 0 spiro atoms. The Bertz CT molecular complexity index is 404. The van der Waals surface area contributed by atoms with Crippen molar-refractivity contribution in [3.8, 4) is 0 Å². The molecule has 2 nitrogen and oxygen atoms in total. The van der Waals surface area contributed by atoms with E-state index in [0.717, 1.165) is 37.9 Å². The summed E-state index contributed by atoms with van der Waals surface area (Å²) in [5, 5.41) is 8.99. The van der Waals surface area contributed by atoms with Gasteiger partial charge in [-0.2, -0.15) is 0 Å². The number of carbonyl (C=O) groups is 1. The van der Waals surface area contributed by atoms with Crippen LogP contribution in [-0.2, 0) is 4.79 Å². The molecule has 0 aromatic carbocycles. The zero-order valence-corrected chi connectivity index (χ0v) is 14.9. The molecule has 22 heavy (non-hydrogen) atoms. The van der Waals surface area contributed by atoms with Crippen LogP contribution >= 0.6 is 11.8 Å². The molecule has 0 radical (unpaired) electrons. The van der Waals surface area contributed by atoms with Crippen LogP contribution in [0.15, 0.2) is 48.6 Å². The molecular formula is C19H30O2S. The van der Waals surface area contributed by atoms with E-state index in [4.69, 9.17) is 5.11 Å². The van der Waals surface area contributed by atoms with Crippen LogP contribution in [0.1, 0.15) is 52.9 Å². The van der Waals surface area contributed by atoms with Gasteiger partial charge < -0.3 is 5.11 Å². The minimum atomic E-state index is -0.748. The zero-order chi connectivity index (χ0) is 16.7. The SMILES string of the molecule is CC/C=C\C/C=C\C/C=C\C/C=C\CCSC(C)(C)C(=O)O. The number of rotatable bonds is 12.